The number of hydrogen-bond acceptors (Lipinski definition) is 2. The van der Waals surface area contributed by atoms with Crippen LogP contribution in [0.15, 0.2) is 48.5 Å². The molecule has 0 atom stereocenters. The molecule has 0 spiro atoms. The molecule has 2 nitrogen and oxygen atoms in total. The maximum absolute atomic E-state index is 13.2. The molecule has 0 aliphatic rings. The van der Waals surface area contributed by atoms with E-state index in [2.05, 4.69) is 0 Å². The molecule has 0 amide bonds. The fourth-order valence-electron chi connectivity index (χ4n) is 1.59. The van der Waals surface area contributed by atoms with Crippen molar-refractivity contribution in [3.05, 3.63) is 59.9 Å². The smallest absolute Gasteiger partial charge is 0.165 e. The predicted octanol–water partition coefficient (Wildman–Crippen LogP) is 3.03. The van der Waals surface area contributed by atoms with Gasteiger partial charge in [0.1, 0.15) is 0 Å². The molecule has 0 unspecified atom stereocenters. The molecule has 0 fully saturated rings. The van der Waals surface area contributed by atoms with Crippen molar-refractivity contribution >= 4 is 5.69 Å². The Bertz CT molecular complexity index is 454. The van der Waals surface area contributed by atoms with Gasteiger partial charge in [0.15, 0.2) is 11.6 Å². The molecule has 0 radical (unpaired) electrons. The quantitative estimate of drug-likeness (QED) is 0.821. The fourth-order valence-corrected chi connectivity index (χ4v) is 1.59. The topological polar surface area (TPSA) is 35.2 Å². The van der Waals surface area contributed by atoms with Crippen molar-refractivity contribution in [3.63, 3.8) is 0 Å². The first-order valence-corrected chi connectivity index (χ1v) is 5.48. The minimum absolute atomic E-state index is 0.280. The van der Waals surface area contributed by atoms with Gasteiger partial charge in [-0.1, -0.05) is 30.3 Å². The second kappa shape index (κ2) is 5.34. The van der Waals surface area contributed by atoms with Gasteiger partial charge in [-0.15, -0.1) is 0 Å². The number of halogens is 1. The molecule has 2 aromatic carbocycles. The molecule has 3 heteroatoms. The van der Waals surface area contributed by atoms with E-state index in [0.29, 0.717) is 13.0 Å². The molecule has 2 rings (SSSR count). The zero-order valence-corrected chi connectivity index (χ0v) is 9.40. The molecular weight excluding hydrogens is 217 g/mol. The summed E-state index contributed by atoms with van der Waals surface area (Å²) >= 11 is 0. The molecule has 2 aromatic rings. The highest BCUT2D eigenvalue weighted by Crippen LogP contribution is 2.16. The number of nitrogen functional groups attached to an aromatic ring is 1. The molecule has 0 aromatic heterocycles. The maximum Gasteiger partial charge on any atom is 0.165 e. The lowest BCUT2D eigenvalue weighted by Crippen LogP contribution is -2.04. The summed E-state index contributed by atoms with van der Waals surface area (Å²) in [6, 6.07) is 14.0. The van der Waals surface area contributed by atoms with Crippen LogP contribution in [-0.4, -0.2) is 6.61 Å². The third kappa shape index (κ3) is 2.97. The Labute approximate surface area is 99.8 Å². The number of benzene rings is 2. The van der Waals surface area contributed by atoms with Crippen LogP contribution in [0.4, 0.5) is 10.1 Å². The van der Waals surface area contributed by atoms with Crippen molar-refractivity contribution in [2.75, 3.05) is 12.3 Å². The van der Waals surface area contributed by atoms with Crippen LogP contribution in [-0.2, 0) is 6.42 Å². The molecule has 0 saturated heterocycles. The normalized spacial score (nSPS) is 10.2. The number of para-hydroxylation sites is 2. The van der Waals surface area contributed by atoms with Gasteiger partial charge < -0.3 is 10.5 Å². The summed E-state index contributed by atoms with van der Waals surface area (Å²) in [7, 11) is 0. The Kier molecular flexibility index (Phi) is 3.60. The lowest BCUT2D eigenvalue weighted by Gasteiger charge is -2.08. The second-order valence-electron chi connectivity index (χ2n) is 3.73. The highest BCUT2D eigenvalue weighted by atomic mass is 19.1. The Hall–Kier alpha value is -2.03. The van der Waals surface area contributed by atoms with Gasteiger partial charge in [-0.2, -0.15) is 0 Å². The zero-order chi connectivity index (χ0) is 12.1. The fraction of sp³-hybridized carbons (Fsp3) is 0.143. The van der Waals surface area contributed by atoms with Gasteiger partial charge >= 0.3 is 0 Å². The number of nitrogens with two attached hydrogens (primary N) is 1. The Balaban J connectivity index is 1.93. The summed E-state index contributed by atoms with van der Waals surface area (Å²) in [4.78, 5) is 0. The van der Waals surface area contributed by atoms with Crippen LogP contribution in [0.1, 0.15) is 5.56 Å². The first-order chi connectivity index (χ1) is 8.27. The molecule has 0 aliphatic carbocycles. The molecule has 2 N–H and O–H groups in total. The number of hydrogen-bond donors (Lipinski definition) is 1. The van der Waals surface area contributed by atoms with E-state index in [4.69, 9.17) is 10.5 Å². The minimum Gasteiger partial charge on any atom is -0.490 e. The van der Waals surface area contributed by atoms with Crippen LogP contribution in [0, 0.1) is 5.82 Å². The summed E-state index contributed by atoms with van der Waals surface area (Å²) in [5.74, 6) is -0.0597. The summed E-state index contributed by atoms with van der Waals surface area (Å²) in [5, 5.41) is 0. The minimum atomic E-state index is -0.339. The molecule has 0 saturated carbocycles. The van der Waals surface area contributed by atoms with Crippen molar-refractivity contribution in [1.82, 2.24) is 0 Å². The van der Waals surface area contributed by atoms with Gasteiger partial charge in [0.2, 0.25) is 0 Å². The maximum atomic E-state index is 13.2. The predicted molar refractivity (Wildman–Crippen MR) is 66.5 cm³/mol. The monoisotopic (exact) mass is 231 g/mol. The average Bonchev–Trinajstić information content (AvgIpc) is 2.34. The first kappa shape index (κ1) is 11.5. The highest BCUT2D eigenvalue weighted by molar-refractivity contribution is 5.46. The lowest BCUT2D eigenvalue weighted by molar-refractivity contribution is 0.305. The van der Waals surface area contributed by atoms with Gasteiger partial charge in [0, 0.05) is 12.1 Å². The van der Waals surface area contributed by atoms with E-state index in [0.717, 1.165) is 11.3 Å². The molecule has 88 valence electrons. The SMILES string of the molecule is Nc1ccccc1CCOc1ccccc1F. The van der Waals surface area contributed by atoms with Crippen LogP contribution in [0.25, 0.3) is 0 Å². The summed E-state index contributed by atoms with van der Waals surface area (Å²) in [6.07, 6.45) is 0.668. The van der Waals surface area contributed by atoms with Gasteiger partial charge in [0.25, 0.3) is 0 Å². The van der Waals surface area contributed by atoms with Crippen LogP contribution in [0.2, 0.25) is 0 Å². The van der Waals surface area contributed by atoms with Crippen LogP contribution in [0.5, 0.6) is 5.75 Å². The van der Waals surface area contributed by atoms with E-state index in [-0.39, 0.29) is 11.6 Å². The van der Waals surface area contributed by atoms with E-state index in [1.54, 1.807) is 18.2 Å². The molecule has 0 bridgehead atoms. The Morgan fingerprint density at radius 2 is 1.71 bits per heavy atom. The largest absolute Gasteiger partial charge is 0.490 e. The third-order valence-corrected chi connectivity index (χ3v) is 2.52. The second-order valence-corrected chi connectivity index (χ2v) is 3.73. The standard InChI is InChI=1S/C14H14FNO/c15-12-6-2-4-8-14(12)17-10-9-11-5-1-3-7-13(11)16/h1-8H,9-10,16H2. The zero-order valence-electron chi connectivity index (χ0n) is 9.40. The van der Waals surface area contributed by atoms with Crippen molar-refractivity contribution in [3.8, 4) is 5.75 Å². The third-order valence-electron chi connectivity index (χ3n) is 2.52. The van der Waals surface area contributed by atoms with Gasteiger partial charge in [0.05, 0.1) is 6.61 Å². The Morgan fingerprint density at radius 1 is 1.00 bits per heavy atom. The van der Waals surface area contributed by atoms with E-state index in [9.17, 15) is 4.39 Å². The molecule has 17 heavy (non-hydrogen) atoms. The first-order valence-electron chi connectivity index (χ1n) is 5.48. The number of anilines is 1. The van der Waals surface area contributed by atoms with E-state index in [1.165, 1.54) is 6.07 Å². The van der Waals surface area contributed by atoms with Crippen LogP contribution >= 0.6 is 0 Å². The summed E-state index contributed by atoms with van der Waals surface area (Å²) in [6.45, 7) is 0.412. The average molecular weight is 231 g/mol. The number of rotatable bonds is 4. The van der Waals surface area contributed by atoms with Crippen LogP contribution < -0.4 is 10.5 Å². The van der Waals surface area contributed by atoms with Crippen LogP contribution in [0.3, 0.4) is 0 Å². The van der Waals surface area contributed by atoms with Crippen molar-refractivity contribution < 1.29 is 9.13 Å². The van der Waals surface area contributed by atoms with E-state index in [1.807, 2.05) is 24.3 Å². The summed E-state index contributed by atoms with van der Waals surface area (Å²) < 4.78 is 18.6. The van der Waals surface area contributed by atoms with Crippen molar-refractivity contribution in [2.45, 2.75) is 6.42 Å². The molecule has 0 heterocycles. The van der Waals surface area contributed by atoms with E-state index >= 15 is 0 Å². The molecule has 0 aliphatic heterocycles. The Morgan fingerprint density at radius 3 is 2.47 bits per heavy atom. The van der Waals surface area contributed by atoms with E-state index < -0.39 is 0 Å². The summed E-state index contributed by atoms with van der Waals surface area (Å²) in [5.41, 5.74) is 7.56. The van der Waals surface area contributed by atoms with Gasteiger partial charge in [-0.05, 0) is 23.8 Å². The number of ether oxygens (including phenoxy) is 1. The van der Waals surface area contributed by atoms with Gasteiger partial charge in [-0.25, -0.2) is 4.39 Å². The molecular formula is C14H14FNO. The van der Waals surface area contributed by atoms with Crippen molar-refractivity contribution in [1.29, 1.82) is 0 Å². The highest BCUT2D eigenvalue weighted by Gasteiger charge is 2.02. The van der Waals surface area contributed by atoms with Gasteiger partial charge in [-0.3, -0.25) is 0 Å². The van der Waals surface area contributed by atoms with Crippen molar-refractivity contribution in [2.24, 2.45) is 0 Å². The lowest BCUT2D eigenvalue weighted by atomic mass is 10.1.